The van der Waals surface area contributed by atoms with Crippen LogP contribution in [0, 0.1) is 5.92 Å². The van der Waals surface area contributed by atoms with Crippen LogP contribution in [-0.2, 0) is 14.3 Å². The average Bonchev–Trinajstić information content (AvgIpc) is 2.66. The highest BCUT2D eigenvalue weighted by Gasteiger charge is 2.24. The van der Waals surface area contributed by atoms with Crippen LogP contribution in [0.5, 0.6) is 0 Å². The van der Waals surface area contributed by atoms with Gasteiger partial charge in [-0.2, -0.15) is 0 Å². The fourth-order valence-corrected chi connectivity index (χ4v) is 1.99. The molecule has 0 saturated carbocycles. The standard InChI is InChI=1S/C12H23NO3/c1-3-4-7-16-12(14)9-13-6-5-11(8-13)10-15-2/h11H,3-10H2,1-2H3. The Balaban J connectivity index is 2.11. The van der Waals surface area contributed by atoms with E-state index in [9.17, 15) is 4.79 Å². The van der Waals surface area contributed by atoms with Crippen molar-refractivity contribution in [2.75, 3.05) is 40.0 Å². The fraction of sp³-hybridized carbons (Fsp3) is 0.917. The summed E-state index contributed by atoms with van der Waals surface area (Å²) in [6, 6.07) is 0. The summed E-state index contributed by atoms with van der Waals surface area (Å²) in [6.45, 7) is 5.81. The molecule has 0 amide bonds. The molecule has 0 N–H and O–H groups in total. The van der Waals surface area contributed by atoms with E-state index in [1.54, 1.807) is 7.11 Å². The van der Waals surface area contributed by atoms with Gasteiger partial charge in [-0.15, -0.1) is 0 Å². The maximum Gasteiger partial charge on any atom is 0.320 e. The highest BCUT2D eigenvalue weighted by atomic mass is 16.5. The van der Waals surface area contributed by atoms with E-state index < -0.39 is 0 Å². The van der Waals surface area contributed by atoms with E-state index in [0.29, 0.717) is 19.1 Å². The van der Waals surface area contributed by atoms with Crippen LogP contribution in [0.1, 0.15) is 26.2 Å². The van der Waals surface area contributed by atoms with E-state index in [4.69, 9.17) is 9.47 Å². The monoisotopic (exact) mass is 229 g/mol. The Morgan fingerprint density at radius 2 is 2.31 bits per heavy atom. The fourth-order valence-electron chi connectivity index (χ4n) is 1.99. The average molecular weight is 229 g/mol. The minimum absolute atomic E-state index is 0.0912. The molecule has 1 fully saturated rings. The number of methoxy groups -OCH3 is 1. The second-order valence-electron chi connectivity index (χ2n) is 4.42. The molecule has 1 unspecified atom stereocenters. The Labute approximate surface area is 97.9 Å². The van der Waals surface area contributed by atoms with Crippen LogP contribution >= 0.6 is 0 Å². The van der Waals surface area contributed by atoms with Gasteiger partial charge in [-0.25, -0.2) is 0 Å². The van der Waals surface area contributed by atoms with Gasteiger partial charge in [0.05, 0.1) is 19.8 Å². The quantitative estimate of drug-likeness (QED) is 0.487. The second kappa shape index (κ2) is 7.63. The summed E-state index contributed by atoms with van der Waals surface area (Å²) in [5.41, 5.74) is 0. The van der Waals surface area contributed by atoms with Crippen LogP contribution in [0.25, 0.3) is 0 Å². The number of ether oxygens (including phenoxy) is 2. The molecule has 0 aromatic heterocycles. The molecule has 1 aliphatic rings. The van der Waals surface area contributed by atoms with Gasteiger partial charge in [0.1, 0.15) is 0 Å². The zero-order valence-corrected chi connectivity index (χ0v) is 10.4. The number of carbonyl (C=O) groups excluding carboxylic acids is 1. The van der Waals surface area contributed by atoms with E-state index in [-0.39, 0.29) is 5.97 Å². The molecule has 16 heavy (non-hydrogen) atoms. The minimum Gasteiger partial charge on any atom is -0.465 e. The summed E-state index contributed by atoms with van der Waals surface area (Å²) >= 11 is 0. The molecule has 1 atom stereocenters. The zero-order valence-electron chi connectivity index (χ0n) is 10.4. The molecule has 1 heterocycles. The van der Waals surface area contributed by atoms with E-state index in [2.05, 4.69) is 11.8 Å². The van der Waals surface area contributed by atoms with Crippen molar-refractivity contribution in [3.63, 3.8) is 0 Å². The number of hydrogen-bond donors (Lipinski definition) is 0. The first kappa shape index (κ1) is 13.5. The van der Waals surface area contributed by atoms with Gasteiger partial charge < -0.3 is 9.47 Å². The molecule has 1 aliphatic heterocycles. The van der Waals surface area contributed by atoms with E-state index in [0.717, 1.165) is 39.0 Å². The Morgan fingerprint density at radius 3 is 3.00 bits per heavy atom. The summed E-state index contributed by atoms with van der Waals surface area (Å²) < 4.78 is 10.2. The number of hydrogen-bond acceptors (Lipinski definition) is 4. The van der Waals surface area contributed by atoms with Crippen LogP contribution in [0.15, 0.2) is 0 Å². The highest BCUT2D eigenvalue weighted by Crippen LogP contribution is 2.15. The SMILES string of the molecule is CCCCOC(=O)CN1CCC(COC)C1. The molecule has 0 bridgehead atoms. The summed E-state index contributed by atoms with van der Waals surface area (Å²) in [6.07, 6.45) is 3.14. The predicted octanol–water partition coefficient (Wildman–Crippen LogP) is 1.30. The molecule has 0 radical (unpaired) electrons. The maximum absolute atomic E-state index is 11.4. The van der Waals surface area contributed by atoms with Gasteiger partial charge in [0, 0.05) is 13.7 Å². The van der Waals surface area contributed by atoms with Gasteiger partial charge in [0.15, 0.2) is 0 Å². The van der Waals surface area contributed by atoms with Gasteiger partial charge in [0.2, 0.25) is 0 Å². The van der Waals surface area contributed by atoms with Crippen molar-refractivity contribution >= 4 is 5.97 Å². The van der Waals surface area contributed by atoms with Gasteiger partial charge in [-0.05, 0) is 25.3 Å². The van der Waals surface area contributed by atoms with Crippen molar-refractivity contribution < 1.29 is 14.3 Å². The third kappa shape index (κ3) is 4.94. The third-order valence-electron chi connectivity index (χ3n) is 2.89. The first-order valence-electron chi connectivity index (χ1n) is 6.13. The molecular weight excluding hydrogens is 206 g/mol. The molecule has 0 aromatic carbocycles. The first-order valence-corrected chi connectivity index (χ1v) is 6.13. The van der Waals surface area contributed by atoms with Crippen molar-refractivity contribution in [1.82, 2.24) is 4.90 Å². The van der Waals surface area contributed by atoms with Crippen LogP contribution in [0.3, 0.4) is 0 Å². The number of esters is 1. The van der Waals surface area contributed by atoms with Crippen molar-refractivity contribution in [2.45, 2.75) is 26.2 Å². The van der Waals surface area contributed by atoms with Crippen LogP contribution < -0.4 is 0 Å². The third-order valence-corrected chi connectivity index (χ3v) is 2.89. The lowest BCUT2D eigenvalue weighted by Gasteiger charge is -2.14. The van der Waals surface area contributed by atoms with Crippen LogP contribution in [0.4, 0.5) is 0 Å². The Bertz CT molecular complexity index is 208. The molecule has 1 rings (SSSR count). The molecule has 94 valence electrons. The van der Waals surface area contributed by atoms with Crippen molar-refractivity contribution in [1.29, 1.82) is 0 Å². The highest BCUT2D eigenvalue weighted by molar-refractivity contribution is 5.71. The topological polar surface area (TPSA) is 38.8 Å². The van der Waals surface area contributed by atoms with Crippen molar-refractivity contribution in [3.05, 3.63) is 0 Å². The normalized spacial score (nSPS) is 21.2. The van der Waals surface area contributed by atoms with Gasteiger partial charge >= 0.3 is 5.97 Å². The zero-order chi connectivity index (χ0) is 11.8. The summed E-state index contributed by atoms with van der Waals surface area (Å²) in [4.78, 5) is 13.6. The van der Waals surface area contributed by atoms with Crippen LogP contribution in [-0.4, -0.2) is 50.8 Å². The molecule has 4 heteroatoms. The molecule has 0 aliphatic carbocycles. The number of nitrogens with zero attached hydrogens (tertiary/aromatic N) is 1. The molecule has 4 nitrogen and oxygen atoms in total. The minimum atomic E-state index is -0.0912. The summed E-state index contributed by atoms with van der Waals surface area (Å²) in [5.74, 6) is 0.486. The summed E-state index contributed by atoms with van der Waals surface area (Å²) in [7, 11) is 1.72. The Kier molecular flexibility index (Phi) is 6.42. The lowest BCUT2D eigenvalue weighted by molar-refractivity contribution is -0.144. The molecular formula is C12H23NO3. The van der Waals surface area contributed by atoms with E-state index in [1.165, 1.54) is 0 Å². The lowest BCUT2D eigenvalue weighted by Crippen LogP contribution is -2.29. The molecule has 0 spiro atoms. The Morgan fingerprint density at radius 1 is 1.50 bits per heavy atom. The van der Waals surface area contributed by atoms with E-state index >= 15 is 0 Å². The maximum atomic E-state index is 11.4. The number of likely N-dealkylation sites (tertiary alicyclic amines) is 1. The number of carbonyl (C=O) groups is 1. The molecule has 1 saturated heterocycles. The predicted molar refractivity (Wildman–Crippen MR) is 62.3 cm³/mol. The lowest BCUT2D eigenvalue weighted by atomic mass is 10.1. The van der Waals surface area contributed by atoms with Gasteiger partial charge in [-0.1, -0.05) is 13.3 Å². The van der Waals surface area contributed by atoms with Gasteiger partial charge in [0.25, 0.3) is 0 Å². The largest absolute Gasteiger partial charge is 0.465 e. The van der Waals surface area contributed by atoms with Crippen molar-refractivity contribution in [3.8, 4) is 0 Å². The van der Waals surface area contributed by atoms with Gasteiger partial charge in [-0.3, -0.25) is 9.69 Å². The van der Waals surface area contributed by atoms with E-state index in [1.807, 2.05) is 0 Å². The summed E-state index contributed by atoms with van der Waals surface area (Å²) in [5, 5.41) is 0. The second-order valence-corrected chi connectivity index (χ2v) is 4.42. The Hall–Kier alpha value is -0.610. The number of rotatable bonds is 7. The molecule has 0 aromatic rings. The number of unbranched alkanes of at least 4 members (excludes halogenated alkanes) is 1. The van der Waals surface area contributed by atoms with Crippen molar-refractivity contribution in [2.24, 2.45) is 5.92 Å². The smallest absolute Gasteiger partial charge is 0.320 e. The first-order chi connectivity index (χ1) is 7.76. The van der Waals surface area contributed by atoms with Crippen LogP contribution in [0.2, 0.25) is 0 Å².